The molecule has 1 saturated carbocycles. The van der Waals surface area contributed by atoms with E-state index in [1.807, 2.05) is 20.8 Å². The highest BCUT2D eigenvalue weighted by Crippen LogP contribution is 2.30. The van der Waals surface area contributed by atoms with Crippen LogP contribution >= 0.6 is 12.2 Å². The van der Waals surface area contributed by atoms with Crippen molar-refractivity contribution in [1.29, 1.82) is 0 Å². The average Bonchev–Trinajstić information content (AvgIpc) is 2.65. The summed E-state index contributed by atoms with van der Waals surface area (Å²) < 4.78 is 33.1. The number of sulfonamides is 1. The summed E-state index contributed by atoms with van der Waals surface area (Å²) >= 11 is 5.47. The summed E-state index contributed by atoms with van der Waals surface area (Å²) in [7, 11) is -3.64. The highest BCUT2D eigenvalue weighted by Gasteiger charge is 2.26. The Labute approximate surface area is 175 Å². The fourth-order valence-corrected chi connectivity index (χ4v) is 5.52. The van der Waals surface area contributed by atoms with Crippen molar-refractivity contribution >= 4 is 33.0 Å². The van der Waals surface area contributed by atoms with E-state index in [2.05, 4.69) is 17.6 Å². The van der Waals surface area contributed by atoms with Crippen molar-refractivity contribution in [2.45, 2.75) is 64.3 Å². The summed E-state index contributed by atoms with van der Waals surface area (Å²) in [6.07, 6.45) is 4.79. The third kappa shape index (κ3) is 5.58. The number of nitrogens with zero attached hydrogens (tertiary/aromatic N) is 1. The largest absolute Gasteiger partial charge is 0.492 e. The van der Waals surface area contributed by atoms with Crippen molar-refractivity contribution < 1.29 is 13.2 Å². The maximum atomic E-state index is 13.1. The van der Waals surface area contributed by atoms with Crippen LogP contribution in [0.1, 0.15) is 53.4 Å². The van der Waals surface area contributed by atoms with E-state index in [4.69, 9.17) is 17.0 Å². The Kier molecular flexibility index (Phi) is 8.52. The summed E-state index contributed by atoms with van der Waals surface area (Å²) in [5, 5.41) is 7.06. The summed E-state index contributed by atoms with van der Waals surface area (Å²) in [5.74, 6) is 0.937. The molecular weight excluding hydrogens is 394 g/mol. The standard InChI is InChI=1S/C20H33N3O3S2/c1-5-23(6-2)28(24,25)19-14-16(12-13-18(19)26-7-3)21-20(27)22-17-11-9-8-10-15(17)4/h12-15,17H,5-11H2,1-4H3,(H2,21,22,27)/t15-,17-/m0/s1. The van der Waals surface area contributed by atoms with E-state index in [1.165, 1.54) is 23.6 Å². The van der Waals surface area contributed by atoms with E-state index in [0.29, 0.717) is 48.2 Å². The van der Waals surface area contributed by atoms with Crippen molar-refractivity contribution in [2.24, 2.45) is 5.92 Å². The second kappa shape index (κ2) is 10.4. The maximum Gasteiger partial charge on any atom is 0.246 e. The van der Waals surface area contributed by atoms with Gasteiger partial charge in [-0.05, 0) is 56.1 Å². The van der Waals surface area contributed by atoms with E-state index in [9.17, 15) is 8.42 Å². The number of thiocarbonyl (C=S) groups is 1. The van der Waals surface area contributed by atoms with Gasteiger partial charge in [-0.3, -0.25) is 0 Å². The van der Waals surface area contributed by atoms with Gasteiger partial charge in [-0.25, -0.2) is 8.42 Å². The first-order valence-corrected chi connectivity index (χ1v) is 12.0. The fourth-order valence-electron chi connectivity index (χ4n) is 3.63. The Hall–Kier alpha value is -1.38. The first-order chi connectivity index (χ1) is 13.3. The number of nitrogens with one attached hydrogen (secondary N) is 2. The van der Waals surface area contributed by atoms with Gasteiger partial charge in [0, 0.05) is 24.8 Å². The molecule has 0 radical (unpaired) electrons. The zero-order valence-corrected chi connectivity index (χ0v) is 19.0. The molecule has 0 aliphatic heterocycles. The predicted octanol–water partition coefficient (Wildman–Crippen LogP) is 3.98. The Morgan fingerprint density at radius 2 is 1.89 bits per heavy atom. The Morgan fingerprint density at radius 1 is 1.21 bits per heavy atom. The highest BCUT2D eigenvalue weighted by molar-refractivity contribution is 7.89. The van der Waals surface area contributed by atoms with Crippen LogP contribution in [0.25, 0.3) is 0 Å². The summed E-state index contributed by atoms with van der Waals surface area (Å²) in [4.78, 5) is 0.164. The van der Waals surface area contributed by atoms with Crippen LogP contribution in [0.4, 0.5) is 5.69 Å². The fraction of sp³-hybridized carbons (Fsp3) is 0.650. The van der Waals surface area contributed by atoms with E-state index in [0.717, 1.165) is 6.42 Å². The molecule has 1 fully saturated rings. The SMILES string of the molecule is CCOc1ccc(NC(=S)N[C@H]2CCCC[C@@H]2C)cc1S(=O)(=O)N(CC)CC. The minimum absolute atomic E-state index is 0.164. The number of ether oxygens (including phenoxy) is 1. The van der Waals surface area contributed by atoms with E-state index in [-0.39, 0.29) is 4.90 Å². The summed E-state index contributed by atoms with van der Waals surface area (Å²) in [6.45, 7) is 8.94. The monoisotopic (exact) mass is 427 g/mol. The third-order valence-corrected chi connectivity index (χ3v) is 7.54. The molecule has 0 aromatic heterocycles. The molecule has 2 atom stereocenters. The normalized spacial score (nSPS) is 20.0. The lowest BCUT2D eigenvalue weighted by molar-refractivity contribution is 0.309. The van der Waals surface area contributed by atoms with Crippen LogP contribution in [0.5, 0.6) is 5.75 Å². The maximum absolute atomic E-state index is 13.1. The second-order valence-electron chi connectivity index (χ2n) is 7.15. The first-order valence-electron chi connectivity index (χ1n) is 10.2. The molecule has 1 aliphatic rings. The smallest absolute Gasteiger partial charge is 0.246 e. The molecule has 8 heteroatoms. The van der Waals surface area contributed by atoms with Gasteiger partial charge < -0.3 is 15.4 Å². The third-order valence-electron chi connectivity index (χ3n) is 5.25. The van der Waals surface area contributed by atoms with Crippen molar-refractivity contribution in [3.05, 3.63) is 18.2 Å². The molecule has 0 heterocycles. The van der Waals surface area contributed by atoms with Gasteiger partial charge in [-0.15, -0.1) is 0 Å². The molecule has 28 heavy (non-hydrogen) atoms. The number of rotatable bonds is 8. The first kappa shape index (κ1) is 22.9. The Morgan fingerprint density at radius 3 is 2.50 bits per heavy atom. The molecule has 0 amide bonds. The highest BCUT2D eigenvalue weighted by atomic mass is 32.2. The minimum atomic E-state index is -3.64. The molecule has 2 N–H and O–H groups in total. The van der Waals surface area contributed by atoms with Crippen molar-refractivity contribution in [1.82, 2.24) is 9.62 Å². The zero-order chi connectivity index (χ0) is 20.7. The molecule has 0 saturated heterocycles. The number of hydrogen-bond donors (Lipinski definition) is 2. The van der Waals surface area contributed by atoms with Gasteiger partial charge in [0.05, 0.1) is 6.61 Å². The van der Waals surface area contributed by atoms with E-state index < -0.39 is 10.0 Å². The molecule has 2 rings (SSSR count). The second-order valence-corrected chi connectivity index (χ2v) is 9.47. The van der Waals surface area contributed by atoms with Gasteiger partial charge in [0.15, 0.2) is 5.11 Å². The molecule has 0 bridgehead atoms. The topological polar surface area (TPSA) is 70.7 Å². The van der Waals surface area contributed by atoms with E-state index >= 15 is 0 Å². The van der Waals surface area contributed by atoms with Crippen molar-refractivity contribution in [2.75, 3.05) is 25.0 Å². The molecular formula is C20H33N3O3S2. The minimum Gasteiger partial charge on any atom is -0.492 e. The van der Waals surface area contributed by atoms with Gasteiger partial charge >= 0.3 is 0 Å². The average molecular weight is 428 g/mol. The lowest BCUT2D eigenvalue weighted by Gasteiger charge is -2.30. The lowest BCUT2D eigenvalue weighted by atomic mass is 9.86. The van der Waals surface area contributed by atoms with Crippen molar-refractivity contribution in [3.8, 4) is 5.75 Å². The quantitative estimate of drug-likeness (QED) is 0.612. The van der Waals surface area contributed by atoms with Gasteiger partial charge in [-0.2, -0.15) is 4.31 Å². The van der Waals surface area contributed by atoms with Crippen LogP contribution in [0.3, 0.4) is 0 Å². The van der Waals surface area contributed by atoms with E-state index in [1.54, 1.807) is 18.2 Å². The molecule has 6 nitrogen and oxygen atoms in total. The lowest BCUT2D eigenvalue weighted by Crippen LogP contribution is -2.43. The predicted molar refractivity (Wildman–Crippen MR) is 118 cm³/mol. The summed E-state index contributed by atoms with van der Waals surface area (Å²) in [5.41, 5.74) is 0.634. The van der Waals surface area contributed by atoms with Crippen LogP contribution < -0.4 is 15.4 Å². The van der Waals surface area contributed by atoms with Gasteiger partial charge in [-0.1, -0.05) is 33.6 Å². The van der Waals surface area contributed by atoms with Crippen LogP contribution in [0, 0.1) is 5.92 Å². The molecule has 1 aromatic rings. The molecule has 1 aliphatic carbocycles. The molecule has 0 spiro atoms. The summed E-state index contributed by atoms with van der Waals surface area (Å²) in [6, 6.07) is 5.45. The molecule has 1 aromatic carbocycles. The number of anilines is 1. The van der Waals surface area contributed by atoms with Gasteiger partial charge in [0.2, 0.25) is 10.0 Å². The molecule has 158 valence electrons. The van der Waals surface area contributed by atoms with Crippen LogP contribution in [0.15, 0.2) is 23.1 Å². The Bertz CT molecular complexity index is 764. The van der Waals surface area contributed by atoms with Gasteiger partial charge in [0.1, 0.15) is 10.6 Å². The number of benzene rings is 1. The van der Waals surface area contributed by atoms with Crippen LogP contribution in [-0.4, -0.2) is 43.6 Å². The van der Waals surface area contributed by atoms with Crippen molar-refractivity contribution in [3.63, 3.8) is 0 Å². The Balaban J connectivity index is 2.22. The zero-order valence-electron chi connectivity index (χ0n) is 17.3. The molecule has 0 unspecified atom stereocenters. The van der Waals surface area contributed by atoms with Crippen LogP contribution in [-0.2, 0) is 10.0 Å². The van der Waals surface area contributed by atoms with Gasteiger partial charge in [0.25, 0.3) is 0 Å². The van der Waals surface area contributed by atoms with Crippen LogP contribution in [0.2, 0.25) is 0 Å². The number of hydrogen-bond acceptors (Lipinski definition) is 4.